The SMILES string of the molecule is COC(=O)C[C@@H]1COc2cc(O[C@@H]3CCc4c(-c5c(C)cc(-c6ccncn6)cc5C)ccc(F)c43)ccc21. The van der Waals surface area contributed by atoms with Crippen molar-refractivity contribution in [2.45, 2.75) is 45.1 Å². The van der Waals surface area contributed by atoms with E-state index >= 15 is 4.39 Å². The molecule has 0 saturated carbocycles. The molecule has 2 atom stereocenters. The molecule has 39 heavy (non-hydrogen) atoms. The van der Waals surface area contributed by atoms with Crippen molar-refractivity contribution in [1.82, 2.24) is 9.97 Å². The molecule has 0 bridgehead atoms. The largest absolute Gasteiger partial charge is 0.492 e. The van der Waals surface area contributed by atoms with Gasteiger partial charge in [-0.1, -0.05) is 12.1 Å². The highest BCUT2D eigenvalue weighted by atomic mass is 19.1. The third-order valence-corrected chi connectivity index (χ3v) is 7.75. The summed E-state index contributed by atoms with van der Waals surface area (Å²) < 4.78 is 32.3. The van der Waals surface area contributed by atoms with Crippen molar-refractivity contribution in [3.8, 4) is 33.9 Å². The van der Waals surface area contributed by atoms with Crippen LogP contribution in [-0.2, 0) is 16.0 Å². The summed E-state index contributed by atoms with van der Waals surface area (Å²) in [5.74, 6) is 0.765. The molecule has 7 heteroatoms. The Kier molecular flexibility index (Phi) is 6.51. The van der Waals surface area contributed by atoms with Gasteiger partial charge in [-0.25, -0.2) is 14.4 Å². The Hall–Kier alpha value is -4.26. The number of carbonyl (C=O) groups excluding carboxylic acids is 1. The molecule has 1 aromatic heterocycles. The zero-order chi connectivity index (χ0) is 27.1. The molecule has 0 N–H and O–H groups in total. The highest BCUT2D eigenvalue weighted by Gasteiger charge is 2.32. The number of fused-ring (bicyclic) bond motifs is 2. The van der Waals surface area contributed by atoms with Gasteiger partial charge in [0.1, 0.15) is 29.7 Å². The van der Waals surface area contributed by atoms with Crippen LogP contribution in [0.5, 0.6) is 11.5 Å². The minimum Gasteiger partial charge on any atom is -0.492 e. The summed E-state index contributed by atoms with van der Waals surface area (Å²) in [5, 5.41) is 0. The molecule has 0 spiro atoms. The highest BCUT2D eigenvalue weighted by Crippen LogP contribution is 2.45. The summed E-state index contributed by atoms with van der Waals surface area (Å²) >= 11 is 0. The topological polar surface area (TPSA) is 70.5 Å². The van der Waals surface area contributed by atoms with Crippen LogP contribution in [-0.4, -0.2) is 29.7 Å². The zero-order valence-electron chi connectivity index (χ0n) is 22.2. The van der Waals surface area contributed by atoms with Gasteiger partial charge in [0.15, 0.2) is 0 Å². The first kappa shape index (κ1) is 25.0. The summed E-state index contributed by atoms with van der Waals surface area (Å²) in [4.78, 5) is 20.1. The van der Waals surface area contributed by atoms with Crippen LogP contribution in [0.15, 0.2) is 61.1 Å². The second-order valence-corrected chi connectivity index (χ2v) is 10.2. The average Bonchev–Trinajstić information content (AvgIpc) is 3.54. The first-order chi connectivity index (χ1) is 18.9. The fourth-order valence-electron chi connectivity index (χ4n) is 5.97. The van der Waals surface area contributed by atoms with Gasteiger partial charge in [0.2, 0.25) is 0 Å². The van der Waals surface area contributed by atoms with E-state index in [2.05, 4.69) is 35.9 Å². The molecule has 6 rings (SSSR count). The first-order valence-electron chi connectivity index (χ1n) is 13.1. The quantitative estimate of drug-likeness (QED) is 0.262. The van der Waals surface area contributed by atoms with Crippen molar-refractivity contribution in [3.05, 3.63) is 94.7 Å². The van der Waals surface area contributed by atoms with Gasteiger partial charge in [0.05, 0.1) is 25.8 Å². The highest BCUT2D eigenvalue weighted by molar-refractivity contribution is 5.79. The van der Waals surface area contributed by atoms with Gasteiger partial charge in [-0.2, -0.15) is 0 Å². The van der Waals surface area contributed by atoms with E-state index in [0.29, 0.717) is 30.1 Å². The van der Waals surface area contributed by atoms with Crippen LogP contribution in [0.4, 0.5) is 4.39 Å². The van der Waals surface area contributed by atoms with Crippen molar-refractivity contribution < 1.29 is 23.4 Å². The van der Waals surface area contributed by atoms with E-state index in [1.54, 1.807) is 18.6 Å². The van der Waals surface area contributed by atoms with E-state index in [0.717, 1.165) is 51.1 Å². The fourth-order valence-corrected chi connectivity index (χ4v) is 5.97. The van der Waals surface area contributed by atoms with Crippen molar-refractivity contribution in [1.29, 1.82) is 0 Å². The second-order valence-electron chi connectivity index (χ2n) is 10.2. The number of esters is 1. The molecule has 1 aliphatic carbocycles. The van der Waals surface area contributed by atoms with Gasteiger partial charge in [-0.3, -0.25) is 4.79 Å². The number of carbonyl (C=O) groups is 1. The van der Waals surface area contributed by atoms with Gasteiger partial charge in [0.25, 0.3) is 0 Å². The second kappa shape index (κ2) is 10.1. The Bertz CT molecular complexity index is 1550. The minimum atomic E-state index is -0.397. The predicted octanol–water partition coefficient (Wildman–Crippen LogP) is 6.67. The third-order valence-electron chi connectivity index (χ3n) is 7.75. The molecule has 4 aromatic rings. The Balaban J connectivity index is 1.29. The molecular formula is C32H29FN2O4. The molecule has 0 radical (unpaired) electrons. The third kappa shape index (κ3) is 4.62. The van der Waals surface area contributed by atoms with E-state index < -0.39 is 6.10 Å². The molecule has 1 aliphatic heterocycles. The molecule has 0 unspecified atom stereocenters. The number of nitrogens with zero attached hydrogens (tertiary/aromatic N) is 2. The van der Waals surface area contributed by atoms with E-state index in [1.165, 1.54) is 7.11 Å². The Labute approximate surface area is 226 Å². The summed E-state index contributed by atoms with van der Waals surface area (Å²) in [6.45, 7) is 4.60. The molecule has 198 valence electrons. The predicted molar refractivity (Wildman–Crippen MR) is 145 cm³/mol. The minimum absolute atomic E-state index is 0.0408. The van der Waals surface area contributed by atoms with Crippen LogP contribution in [0.3, 0.4) is 0 Å². The van der Waals surface area contributed by atoms with Gasteiger partial charge in [-0.15, -0.1) is 0 Å². The maximum absolute atomic E-state index is 15.3. The van der Waals surface area contributed by atoms with Gasteiger partial charge >= 0.3 is 5.97 Å². The standard InChI is InChI=1S/C32H29FN2O4/c1-18-12-20(27-10-11-34-17-35-27)13-19(2)31(18)24-6-8-26(33)32-25(24)7-9-28(32)39-22-4-5-23-21(14-30(36)37-3)16-38-29(23)15-22/h4-6,8,10-13,15,17,21,28H,7,9,14,16H2,1-3H3/t21-,28-/m1/s1. The molecule has 6 nitrogen and oxygen atoms in total. The van der Waals surface area contributed by atoms with Crippen LogP contribution in [0.2, 0.25) is 0 Å². The number of rotatable bonds is 6. The van der Waals surface area contributed by atoms with E-state index in [-0.39, 0.29) is 24.1 Å². The maximum atomic E-state index is 15.3. The summed E-state index contributed by atoms with van der Waals surface area (Å²) in [6.07, 6.45) is 4.57. The zero-order valence-corrected chi connectivity index (χ0v) is 22.2. The smallest absolute Gasteiger partial charge is 0.306 e. The van der Waals surface area contributed by atoms with Crippen molar-refractivity contribution in [3.63, 3.8) is 0 Å². The van der Waals surface area contributed by atoms with Crippen LogP contribution in [0.1, 0.15) is 52.7 Å². The van der Waals surface area contributed by atoms with Crippen LogP contribution < -0.4 is 9.47 Å². The normalized spacial score (nSPS) is 17.3. The van der Waals surface area contributed by atoms with Crippen LogP contribution in [0, 0.1) is 19.7 Å². The number of aromatic nitrogens is 2. The number of halogens is 1. The van der Waals surface area contributed by atoms with Crippen LogP contribution in [0.25, 0.3) is 22.4 Å². The molecule has 3 aromatic carbocycles. The Morgan fingerprint density at radius 2 is 1.92 bits per heavy atom. The summed E-state index contributed by atoms with van der Waals surface area (Å²) in [5.41, 5.74) is 8.87. The molecule has 0 amide bonds. The number of hydrogen-bond acceptors (Lipinski definition) is 6. The first-order valence-corrected chi connectivity index (χ1v) is 13.1. The lowest BCUT2D eigenvalue weighted by Crippen LogP contribution is -2.09. The number of aryl methyl sites for hydroxylation is 2. The number of ether oxygens (including phenoxy) is 3. The summed E-state index contributed by atoms with van der Waals surface area (Å²) in [6, 6.07) is 15.2. The van der Waals surface area contributed by atoms with Crippen molar-refractivity contribution >= 4 is 5.97 Å². The van der Waals surface area contributed by atoms with E-state index in [4.69, 9.17) is 14.2 Å². The number of methoxy groups -OCH3 is 1. The lowest BCUT2D eigenvalue weighted by molar-refractivity contribution is -0.141. The lowest BCUT2D eigenvalue weighted by Gasteiger charge is -2.19. The van der Waals surface area contributed by atoms with Gasteiger partial charge in [0, 0.05) is 34.9 Å². The van der Waals surface area contributed by atoms with E-state index in [1.807, 2.05) is 30.3 Å². The maximum Gasteiger partial charge on any atom is 0.306 e. The molecule has 0 saturated heterocycles. The molecular weight excluding hydrogens is 495 g/mol. The lowest BCUT2D eigenvalue weighted by atomic mass is 9.88. The van der Waals surface area contributed by atoms with Crippen LogP contribution >= 0.6 is 0 Å². The van der Waals surface area contributed by atoms with Crippen molar-refractivity contribution in [2.75, 3.05) is 13.7 Å². The summed E-state index contributed by atoms with van der Waals surface area (Å²) in [7, 11) is 1.39. The Morgan fingerprint density at radius 3 is 2.67 bits per heavy atom. The number of benzene rings is 3. The Morgan fingerprint density at radius 1 is 1.10 bits per heavy atom. The molecule has 2 heterocycles. The van der Waals surface area contributed by atoms with E-state index in [9.17, 15) is 4.79 Å². The van der Waals surface area contributed by atoms with Gasteiger partial charge in [-0.05, 0) is 84.8 Å². The molecule has 0 fully saturated rings. The average molecular weight is 525 g/mol. The monoisotopic (exact) mass is 524 g/mol. The van der Waals surface area contributed by atoms with Gasteiger partial charge < -0.3 is 14.2 Å². The number of hydrogen-bond donors (Lipinski definition) is 0. The molecule has 2 aliphatic rings. The fraction of sp³-hybridized carbons (Fsp3) is 0.281. The van der Waals surface area contributed by atoms with Crippen molar-refractivity contribution in [2.24, 2.45) is 0 Å².